The number of nitrogens with one attached hydrogen (secondary N) is 3. The Bertz CT molecular complexity index is 621. The van der Waals surface area contributed by atoms with Crippen molar-refractivity contribution in [1.29, 1.82) is 0 Å². The first-order chi connectivity index (χ1) is 13.6. The fourth-order valence-corrected chi connectivity index (χ4v) is 5.07. The molecule has 29 heavy (non-hydrogen) atoms. The van der Waals surface area contributed by atoms with Gasteiger partial charge in [0.15, 0.2) is 5.17 Å². The Hall–Kier alpha value is -1.32. The predicted molar refractivity (Wildman–Crippen MR) is 117 cm³/mol. The molecule has 1 atom stereocenters. The van der Waals surface area contributed by atoms with E-state index in [0.29, 0.717) is 5.17 Å². The largest absolute Gasteiger partial charge is 0.352 e. The van der Waals surface area contributed by atoms with E-state index in [1.54, 1.807) is 11.8 Å². The number of hydrazone groups is 1. The van der Waals surface area contributed by atoms with Gasteiger partial charge >= 0.3 is 5.91 Å². The van der Waals surface area contributed by atoms with E-state index in [0.717, 1.165) is 70.3 Å². The van der Waals surface area contributed by atoms with Crippen molar-refractivity contribution in [2.45, 2.75) is 51.0 Å². The molecule has 0 radical (unpaired) electrons. The van der Waals surface area contributed by atoms with E-state index in [4.69, 9.17) is 0 Å². The summed E-state index contributed by atoms with van der Waals surface area (Å²) in [5.41, 5.74) is 2.40. The maximum atomic E-state index is 12.9. The lowest BCUT2D eigenvalue weighted by Crippen LogP contribution is -2.54. The number of nitrogens with zero attached hydrogens (tertiary/aromatic N) is 2. The number of hydrogen-bond donors (Lipinski definition) is 3. The van der Waals surface area contributed by atoms with Crippen LogP contribution >= 0.6 is 24.2 Å². The molecule has 8 nitrogen and oxygen atoms in total. The number of Topliss-reactive ketones (excluding diaryl/α,β-unsaturated/α-hetero) is 1. The van der Waals surface area contributed by atoms with Crippen molar-refractivity contribution in [1.82, 2.24) is 21.0 Å². The number of rotatable bonds is 6. The lowest BCUT2D eigenvalue weighted by Gasteiger charge is -2.31. The van der Waals surface area contributed by atoms with Gasteiger partial charge in [-0.1, -0.05) is 31.0 Å². The molecule has 3 N–H and O–H groups in total. The molecule has 2 saturated heterocycles. The first-order valence-electron chi connectivity index (χ1n) is 10.3. The molecule has 164 valence electrons. The van der Waals surface area contributed by atoms with Crippen LogP contribution in [-0.4, -0.2) is 66.1 Å². The highest BCUT2D eigenvalue weighted by Gasteiger charge is 2.36. The minimum Gasteiger partial charge on any atom is -0.352 e. The molecule has 3 fully saturated rings. The van der Waals surface area contributed by atoms with Crippen molar-refractivity contribution < 1.29 is 14.4 Å². The fraction of sp³-hybridized carbons (Fsp3) is 0.789. The smallest absolute Gasteiger partial charge is 0.309 e. The topological polar surface area (TPSA) is 103 Å². The third-order valence-corrected chi connectivity index (χ3v) is 6.92. The van der Waals surface area contributed by atoms with Gasteiger partial charge in [-0.25, -0.2) is 5.43 Å². The number of amidine groups is 1. The maximum absolute atomic E-state index is 12.9. The fourth-order valence-electron chi connectivity index (χ4n) is 4.10. The Morgan fingerprint density at radius 3 is 2.45 bits per heavy atom. The Balaban J connectivity index is 0.00000300. The summed E-state index contributed by atoms with van der Waals surface area (Å²) in [6.45, 7) is 2.45. The molecule has 0 spiro atoms. The SMILES string of the molecule is CN1CCS/C1=N\NC(=O)C(=O)C(NC(=O)C1CCCCC1)C1CCNCC1.Cl. The van der Waals surface area contributed by atoms with Crippen molar-refractivity contribution in [3.05, 3.63) is 0 Å². The average molecular weight is 446 g/mol. The summed E-state index contributed by atoms with van der Waals surface area (Å²) in [6.07, 6.45) is 6.52. The van der Waals surface area contributed by atoms with Gasteiger partial charge in [-0.05, 0) is 44.7 Å². The van der Waals surface area contributed by atoms with Crippen molar-refractivity contribution in [2.75, 3.05) is 32.4 Å². The third-order valence-electron chi connectivity index (χ3n) is 5.87. The van der Waals surface area contributed by atoms with Gasteiger partial charge in [0.25, 0.3) is 0 Å². The number of halogens is 1. The second-order valence-corrected chi connectivity index (χ2v) is 8.94. The molecule has 2 aliphatic heterocycles. The summed E-state index contributed by atoms with van der Waals surface area (Å²) in [7, 11) is 1.90. The third kappa shape index (κ3) is 6.58. The lowest BCUT2D eigenvalue weighted by atomic mass is 9.85. The summed E-state index contributed by atoms with van der Waals surface area (Å²) < 4.78 is 0. The molecule has 3 rings (SSSR count). The number of piperidine rings is 1. The zero-order valence-corrected chi connectivity index (χ0v) is 18.6. The molecule has 1 aliphatic carbocycles. The first-order valence-corrected chi connectivity index (χ1v) is 11.3. The van der Waals surface area contributed by atoms with Gasteiger partial charge in [0.05, 0.1) is 0 Å². The van der Waals surface area contributed by atoms with Crippen LogP contribution in [0.5, 0.6) is 0 Å². The second-order valence-electron chi connectivity index (χ2n) is 7.88. The molecule has 0 bridgehead atoms. The maximum Gasteiger partial charge on any atom is 0.309 e. The molecule has 0 aromatic heterocycles. The Morgan fingerprint density at radius 1 is 1.14 bits per heavy atom. The van der Waals surface area contributed by atoms with Crippen LogP contribution in [0.2, 0.25) is 0 Å². The van der Waals surface area contributed by atoms with E-state index >= 15 is 0 Å². The Kier molecular flexibility index (Phi) is 9.71. The molecule has 2 amide bonds. The van der Waals surface area contributed by atoms with Crippen LogP contribution in [0.3, 0.4) is 0 Å². The molecule has 1 unspecified atom stereocenters. The van der Waals surface area contributed by atoms with Gasteiger partial charge < -0.3 is 15.5 Å². The van der Waals surface area contributed by atoms with Crippen molar-refractivity contribution in [3.63, 3.8) is 0 Å². The van der Waals surface area contributed by atoms with E-state index in [2.05, 4.69) is 21.2 Å². The summed E-state index contributed by atoms with van der Waals surface area (Å²) in [4.78, 5) is 40.1. The van der Waals surface area contributed by atoms with Crippen LogP contribution in [0, 0.1) is 11.8 Å². The van der Waals surface area contributed by atoms with Crippen molar-refractivity contribution >= 4 is 46.9 Å². The van der Waals surface area contributed by atoms with Crippen LogP contribution in [-0.2, 0) is 14.4 Å². The molecular weight excluding hydrogens is 414 g/mol. The molecular formula is C19H32ClN5O3S. The molecule has 0 aromatic rings. The molecule has 2 heterocycles. The zero-order valence-electron chi connectivity index (χ0n) is 16.9. The number of amides is 2. The number of ketones is 1. The molecule has 10 heteroatoms. The van der Waals surface area contributed by atoms with Gasteiger partial charge in [0, 0.05) is 25.3 Å². The summed E-state index contributed by atoms with van der Waals surface area (Å²) in [5.74, 6) is -0.580. The van der Waals surface area contributed by atoms with E-state index in [9.17, 15) is 14.4 Å². The summed E-state index contributed by atoms with van der Waals surface area (Å²) >= 11 is 1.54. The number of carbonyl (C=O) groups excluding carboxylic acids is 3. The number of thioether (sulfide) groups is 1. The van der Waals surface area contributed by atoms with E-state index < -0.39 is 17.7 Å². The van der Waals surface area contributed by atoms with Crippen LogP contribution in [0.25, 0.3) is 0 Å². The first kappa shape index (κ1) is 24.0. The highest BCUT2D eigenvalue weighted by Crippen LogP contribution is 2.25. The average Bonchev–Trinajstić information content (AvgIpc) is 3.15. The van der Waals surface area contributed by atoms with E-state index in [1.165, 1.54) is 0 Å². The van der Waals surface area contributed by atoms with E-state index in [1.807, 2.05) is 11.9 Å². The number of carbonyl (C=O) groups is 3. The highest BCUT2D eigenvalue weighted by atomic mass is 35.5. The minimum absolute atomic E-state index is 0. The predicted octanol–water partition coefficient (Wildman–Crippen LogP) is 1.11. The quantitative estimate of drug-likeness (QED) is 0.418. The van der Waals surface area contributed by atoms with Crippen LogP contribution in [0.15, 0.2) is 5.10 Å². The van der Waals surface area contributed by atoms with Gasteiger partial charge in [-0.2, -0.15) is 0 Å². The van der Waals surface area contributed by atoms with Gasteiger partial charge in [-0.3, -0.25) is 14.4 Å². The monoisotopic (exact) mass is 445 g/mol. The van der Waals surface area contributed by atoms with E-state index in [-0.39, 0.29) is 30.2 Å². The second kappa shape index (κ2) is 11.8. The molecule has 3 aliphatic rings. The van der Waals surface area contributed by atoms with Crippen LogP contribution < -0.4 is 16.1 Å². The Labute approximate surface area is 182 Å². The standard InChI is InChI=1S/C19H31N5O3S.ClH/c1-24-11-12-28-19(24)23-22-18(27)16(25)15(13-7-9-20-10-8-13)21-17(26)14-5-3-2-4-6-14;/h13-15,20H,2-12H2,1H3,(H,21,26)(H,22,27);1H/b23-19-;. The van der Waals surface area contributed by atoms with Crippen molar-refractivity contribution in [3.8, 4) is 0 Å². The lowest BCUT2D eigenvalue weighted by molar-refractivity contribution is -0.141. The summed E-state index contributed by atoms with van der Waals surface area (Å²) in [5, 5.41) is 11.0. The highest BCUT2D eigenvalue weighted by molar-refractivity contribution is 8.14. The van der Waals surface area contributed by atoms with Gasteiger partial charge in [-0.15, -0.1) is 17.5 Å². The van der Waals surface area contributed by atoms with Gasteiger partial charge in [0.1, 0.15) is 6.04 Å². The van der Waals surface area contributed by atoms with Crippen LogP contribution in [0.4, 0.5) is 0 Å². The molecule has 0 aromatic carbocycles. The Morgan fingerprint density at radius 2 is 1.83 bits per heavy atom. The van der Waals surface area contributed by atoms with Crippen LogP contribution in [0.1, 0.15) is 44.9 Å². The zero-order chi connectivity index (χ0) is 19.9. The molecule has 1 saturated carbocycles. The number of hydrogen-bond acceptors (Lipinski definition) is 6. The van der Waals surface area contributed by atoms with Gasteiger partial charge in [0.2, 0.25) is 11.7 Å². The minimum atomic E-state index is -0.773. The summed E-state index contributed by atoms with van der Waals surface area (Å²) in [6, 6.07) is -0.773. The normalized spacial score (nSPS) is 23.3. The van der Waals surface area contributed by atoms with Crippen molar-refractivity contribution in [2.24, 2.45) is 16.9 Å².